The maximum Gasteiger partial charge on any atom is 0.404 e. The number of nitrogens with zero attached hydrogens (tertiary/aromatic N) is 2. The number of amides is 2. The van der Waals surface area contributed by atoms with E-state index in [1.807, 2.05) is 0 Å². The van der Waals surface area contributed by atoms with Crippen LogP contribution in [-0.2, 0) is 37.9 Å². The fourth-order valence-corrected chi connectivity index (χ4v) is 3.88. The number of carbonyl (C=O) groups excluding carboxylic acids is 2. The van der Waals surface area contributed by atoms with Crippen molar-refractivity contribution in [2.75, 3.05) is 0 Å². The zero-order valence-corrected chi connectivity index (χ0v) is 15.9. The van der Waals surface area contributed by atoms with Crippen LogP contribution in [0.4, 0.5) is 0 Å². The summed E-state index contributed by atoms with van der Waals surface area (Å²) in [6.07, 6.45) is -6.74. The molecule has 0 aliphatic rings. The number of hydrogen-bond donors (Lipinski definition) is 6. The first-order valence-corrected chi connectivity index (χ1v) is 9.08. The molecule has 1 unspecified atom stereocenters. The van der Waals surface area contributed by atoms with Gasteiger partial charge in [-0.15, -0.1) is 9.81 Å². The van der Waals surface area contributed by atoms with E-state index in [2.05, 4.69) is 4.52 Å². The second-order valence-electron chi connectivity index (χ2n) is 5.87. The van der Waals surface area contributed by atoms with Gasteiger partial charge in [-0.3, -0.25) is 33.3 Å². The van der Waals surface area contributed by atoms with E-state index in [1.54, 1.807) is 10.4 Å². The molecule has 0 radical (unpaired) electrons. The van der Waals surface area contributed by atoms with Crippen molar-refractivity contribution in [3.63, 3.8) is 0 Å². The summed E-state index contributed by atoms with van der Waals surface area (Å²) in [6.45, 7) is 0. The largest absolute Gasteiger partial charge is 0.481 e. The Hall–Kier alpha value is -3.47. The van der Waals surface area contributed by atoms with E-state index in [9.17, 15) is 48.0 Å². The Balaban J connectivity index is 6.54. The quantitative estimate of drug-likeness (QED) is 0.126. The number of nitroso groups, excluding NO2 is 2. The van der Waals surface area contributed by atoms with Gasteiger partial charge in [-0.2, -0.15) is 0 Å². The summed E-state index contributed by atoms with van der Waals surface area (Å²) in [6, 6.07) is 0. The average molecular weight is 471 g/mol. The third-order valence-electron chi connectivity index (χ3n) is 3.40. The smallest absolute Gasteiger partial charge is 0.404 e. The van der Waals surface area contributed by atoms with Crippen LogP contribution in [-0.4, -0.2) is 72.2 Å². The van der Waals surface area contributed by atoms with Gasteiger partial charge in [0.1, 0.15) is 5.54 Å². The van der Waals surface area contributed by atoms with Crippen LogP contribution < -0.4 is 5.09 Å². The minimum atomic E-state index is -5.94. The first-order valence-electron chi connectivity index (χ1n) is 7.50. The van der Waals surface area contributed by atoms with Gasteiger partial charge in [0.15, 0.2) is 5.60 Å². The maximum absolute atomic E-state index is 12.5. The van der Waals surface area contributed by atoms with Crippen molar-refractivity contribution in [1.29, 1.82) is 0 Å². The van der Waals surface area contributed by atoms with Crippen molar-refractivity contribution in [2.45, 2.75) is 36.8 Å². The molecule has 1 atom stereocenters. The SMILES string of the molecule is O=NC(=O)C(CC(=O)O)(CC(=O)O)NP(=O)(O)OC(CC(=O)O)(CC(=O)O)C(=O)N=O. The Morgan fingerprint density at radius 3 is 1.39 bits per heavy atom. The summed E-state index contributed by atoms with van der Waals surface area (Å²) in [5.41, 5.74) is -6.69. The molecule has 0 fully saturated rings. The average Bonchev–Trinajstić information content (AvgIpc) is 2.56. The van der Waals surface area contributed by atoms with Gasteiger partial charge in [-0.1, -0.05) is 0 Å². The van der Waals surface area contributed by atoms with E-state index >= 15 is 0 Å². The number of carboxylic acids is 4. The molecule has 0 saturated heterocycles. The number of hydrogen-bond acceptors (Lipinski definition) is 10. The Morgan fingerprint density at radius 1 is 0.742 bits per heavy atom. The van der Waals surface area contributed by atoms with Gasteiger partial charge in [0, 0.05) is 10.4 Å². The zero-order valence-electron chi connectivity index (χ0n) is 15.0. The van der Waals surface area contributed by atoms with Crippen LogP contribution in [0.1, 0.15) is 25.7 Å². The van der Waals surface area contributed by atoms with Gasteiger partial charge in [-0.25, -0.2) is 9.65 Å². The highest BCUT2D eigenvalue weighted by atomic mass is 31.2. The molecule has 0 aliphatic carbocycles. The highest BCUT2D eigenvalue weighted by Crippen LogP contribution is 2.48. The zero-order chi connectivity index (χ0) is 24.6. The first-order chi connectivity index (χ1) is 14.0. The van der Waals surface area contributed by atoms with Crippen LogP contribution in [0.3, 0.4) is 0 Å². The molecule has 0 saturated carbocycles. The standard InChI is InChI=1S/C12H14N3O15P/c16-5(17)1-11(2-6(18)19,9(24)13-26)15-31(28,29)30-12(3-7(20)21,4-8(22)23)10(25)14-27/h1-4H2,(H,16,17)(H,18,19)(H,20,21)(H,22,23)(H2,15,28,29). The fraction of sp³-hybridized carbons (Fsp3) is 0.500. The van der Waals surface area contributed by atoms with E-state index in [0.29, 0.717) is 0 Å². The molecule has 0 aromatic carbocycles. The molecule has 172 valence electrons. The first kappa shape index (κ1) is 27.5. The molecular weight excluding hydrogens is 457 g/mol. The molecule has 0 heterocycles. The van der Waals surface area contributed by atoms with Crippen molar-refractivity contribution in [3.05, 3.63) is 9.81 Å². The maximum atomic E-state index is 12.5. The van der Waals surface area contributed by atoms with Crippen LogP contribution in [0, 0.1) is 9.81 Å². The van der Waals surface area contributed by atoms with Crippen LogP contribution in [0.2, 0.25) is 0 Å². The van der Waals surface area contributed by atoms with Gasteiger partial charge >= 0.3 is 43.4 Å². The van der Waals surface area contributed by atoms with Crippen LogP contribution in [0.15, 0.2) is 10.4 Å². The third-order valence-corrected chi connectivity index (χ3v) is 4.71. The lowest BCUT2D eigenvalue weighted by atomic mass is 9.91. The highest BCUT2D eigenvalue weighted by molar-refractivity contribution is 7.50. The Labute approximate surface area is 169 Å². The van der Waals surface area contributed by atoms with Crippen molar-refractivity contribution in [1.82, 2.24) is 5.09 Å². The normalized spacial score (nSPS) is 13.5. The van der Waals surface area contributed by atoms with Gasteiger partial charge < -0.3 is 25.3 Å². The van der Waals surface area contributed by atoms with Crippen molar-refractivity contribution in [3.8, 4) is 0 Å². The van der Waals surface area contributed by atoms with Gasteiger partial charge in [0.05, 0.1) is 25.7 Å². The predicted molar refractivity (Wildman–Crippen MR) is 90.1 cm³/mol. The fourth-order valence-electron chi connectivity index (χ4n) is 2.36. The van der Waals surface area contributed by atoms with Crippen molar-refractivity contribution < 1.29 is 63.2 Å². The minimum Gasteiger partial charge on any atom is -0.481 e. The van der Waals surface area contributed by atoms with E-state index in [-0.39, 0.29) is 0 Å². The molecule has 0 aromatic heterocycles. The van der Waals surface area contributed by atoms with E-state index in [1.165, 1.54) is 5.09 Å². The van der Waals surface area contributed by atoms with Gasteiger partial charge in [-0.05, 0) is 0 Å². The second-order valence-corrected chi connectivity index (χ2v) is 7.32. The topological polar surface area (TPSA) is 301 Å². The second kappa shape index (κ2) is 10.5. The molecule has 0 aromatic rings. The summed E-state index contributed by atoms with van der Waals surface area (Å²) in [5.74, 6) is -12.3. The molecule has 0 spiro atoms. The number of aliphatic carboxylic acids is 4. The molecule has 18 nitrogen and oxygen atoms in total. The lowest BCUT2D eigenvalue weighted by molar-refractivity contribution is -0.155. The molecule has 0 aliphatic heterocycles. The summed E-state index contributed by atoms with van der Waals surface area (Å²) >= 11 is 0. The lowest BCUT2D eigenvalue weighted by Gasteiger charge is -2.33. The monoisotopic (exact) mass is 471 g/mol. The summed E-state index contributed by atoms with van der Waals surface area (Å²) < 4.78 is 16.8. The molecular formula is C12H14N3O15P. The molecule has 2 amide bonds. The van der Waals surface area contributed by atoms with E-state index in [0.717, 1.165) is 0 Å². The molecule has 0 rings (SSSR count). The van der Waals surface area contributed by atoms with Gasteiger partial charge in [0.2, 0.25) is 0 Å². The number of rotatable bonds is 14. The lowest BCUT2D eigenvalue weighted by Crippen LogP contribution is -2.54. The number of nitrogens with one attached hydrogen (secondary N) is 1. The minimum absolute atomic E-state index is 1.20. The highest BCUT2D eigenvalue weighted by Gasteiger charge is 2.54. The van der Waals surface area contributed by atoms with Crippen molar-refractivity contribution in [2.24, 2.45) is 10.4 Å². The van der Waals surface area contributed by atoms with E-state index < -0.39 is 80.3 Å². The summed E-state index contributed by atoms with van der Waals surface area (Å²) in [7, 11) is -5.94. The Morgan fingerprint density at radius 2 is 1.10 bits per heavy atom. The summed E-state index contributed by atoms with van der Waals surface area (Å²) in [5, 5.41) is 40.3. The predicted octanol–water partition coefficient (Wildman–Crippen LogP) is -1.34. The number of carboxylic acid groups (broad SMARTS) is 4. The van der Waals surface area contributed by atoms with Crippen LogP contribution in [0.5, 0.6) is 0 Å². The Kier molecular flexibility index (Phi) is 9.35. The molecule has 19 heteroatoms. The Bertz CT molecular complexity index is 769. The van der Waals surface area contributed by atoms with Crippen LogP contribution >= 0.6 is 7.75 Å². The summed E-state index contributed by atoms with van der Waals surface area (Å²) in [4.78, 5) is 98.9. The van der Waals surface area contributed by atoms with Crippen LogP contribution in [0.25, 0.3) is 0 Å². The van der Waals surface area contributed by atoms with E-state index in [4.69, 9.17) is 20.4 Å². The molecule has 6 N–H and O–H groups in total. The molecule has 31 heavy (non-hydrogen) atoms. The number of carbonyl (C=O) groups is 6. The van der Waals surface area contributed by atoms with Crippen molar-refractivity contribution >= 4 is 43.4 Å². The molecule has 0 bridgehead atoms. The van der Waals surface area contributed by atoms with Gasteiger partial charge in [0.25, 0.3) is 0 Å². The third kappa shape index (κ3) is 8.05.